The molecule has 6 heteroatoms. The number of hydrogen-bond donors (Lipinski definition) is 0. The van der Waals surface area contributed by atoms with E-state index in [0.717, 1.165) is 40.7 Å². The first kappa shape index (κ1) is 22.8. The topological polar surface area (TPSA) is 36.4 Å². The zero-order valence-corrected chi connectivity index (χ0v) is 20.2. The fourth-order valence-corrected chi connectivity index (χ4v) is 5.10. The molecule has 4 nitrogen and oxygen atoms in total. The summed E-state index contributed by atoms with van der Waals surface area (Å²) in [6, 6.07) is 12.2. The molecule has 0 aliphatic carbocycles. The Kier molecular flexibility index (Phi) is 7.92. The zero-order chi connectivity index (χ0) is 21.7. The van der Waals surface area contributed by atoms with Crippen molar-refractivity contribution < 1.29 is 4.79 Å². The van der Waals surface area contributed by atoms with Gasteiger partial charge in [0, 0.05) is 23.5 Å². The molecule has 160 valence electrons. The van der Waals surface area contributed by atoms with Crippen LogP contribution in [0.3, 0.4) is 0 Å². The Morgan fingerprint density at radius 3 is 2.30 bits per heavy atom. The molecule has 0 N–H and O–H groups in total. The highest BCUT2D eigenvalue weighted by Crippen LogP contribution is 2.32. The molecular weight excluding hydrogens is 410 g/mol. The van der Waals surface area contributed by atoms with Crippen LogP contribution in [0.25, 0.3) is 10.2 Å². The van der Waals surface area contributed by atoms with Gasteiger partial charge >= 0.3 is 0 Å². The van der Waals surface area contributed by atoms with Gasteiger partial charge in [-0.2, -0.15) is 0 Å². The molecule has 0 saturated heterocycles. The molecule has 0 bridgehead atoms. The third-order valence-electron chi connectivity index (χ3n) is 5.42. The quantitative estimate of drug-likeness (QED) is 0.381. The van der Waals surface area contributed by atoms with E-state index in [1.54, 1.807) is 23.1 Å². The average Bonchev–Trinajstić information content (AvgIpc) is 3.14. The predicted octanol–water partition coefficient (Wildman–Crippen LogP) is 6.01. The SMILES string of the molecule is CCSc1ccc(C(=O)N(CCN(CC)CC)c2nc3cc(C)c(C)cc3s2)cc1. The Morgan fingerprint density at radius 2 is 1.67 bits per heavy atom. The molecule has 0 spiro atoms. The molecule has 1 aromatic heterocycles. The minimum atomic E-state index is 0.0164. The lowest BCUT2D eigenvalue weighted by Crippen LogP contribution is -2.38. The number of thiazole rings is 1. The van der Waals surface area contributed by atoms with Crippen molar-refractivity contribution in [2.45, 2.75) is 39.5 Å². The summed E-state index contributed by atoms with van der Waals surface area (Å²) >= 11 is 3.39. The lowest BCUT2D eigenvalue weighted by Gasteiger charge is -2.24. The molecule has 0 aliphatic heterocycles. The van der Waals surface area contributed by atoms with E-state index in [1.807, 2.05) is 29.2 Å². The molecular formula is C24H31N3OS2. The summed E-state index contributed by atoms with van der Waals surface area (Å²) in [6.45, 7) is 14.1. The van der Waals surface area contributed by atoms with Crippen LogP contribution in [-0.4, -0.2) is 47.7 Å². The first-order valence-electron chi connectivity index (χ1n) is 10.6. The smallest absolute Gasteiger partial charge is 0.260 e. The van der Waals surface area contributed by atoms with Crippen LogP contribution in [0.2, 0.25) is 0 Å². The summed E-state index contributed by atoms with van der Waals surface area (Å²) in [5.74, 6) is 1.04. The number of thioether (sulfide) groups is 1. The zero-order valence-electron chi connectivity index (χ0n) is 18.6. The maximum absolute atomic E-state index is 13.5. The van der Waals surface area contributed by atoms with E-state index < -0.39 is 0 Å². The van der Waals surface area contributed by atoms with Gasteiger partial charge in [-0.05, 0) is 80.2 Å². The van der Waals surface area contributed by atoms with E-state index in [2.05, 4.69) is 51.7 Å². The van der Waals surface area contributed by atoms with E-state index in [9.17, 15) is 4.79 Å². The van der Waals surface area contributed by atoms with Crippen molar-refractivity contribution in [1.29, 1.82) is 0 Å². The minimum absolute atomic E-state index is 0.0164. The second kappa shape index (κ2) is 10.4. The van der Waals surface area contributed by atoms with Crippen molar-refractivity contribution in [1.82, 2.24) is 9.88 Å². The second-order valence-electron chi connectivity index (χ2n) is 7.34. The molecule has 0 radical (unpaired) electrons. The number of fused-ring (bicyclic) bond motifs is 1. The summed E-state index contributed by atoms with van der Waals surface area (Å²) < 4.78 is 1.13. The van der Waals surface area contributed by atoms with Gasteiger partial charge < -0.3 is 4.90 Å². The van der Waals surface area contributed by atoms with Gasteiger partial charge in [0.1, 0.15) is 0 Å². The average molecular weight is 442 g/mol. The van der Waals surface area contributed by atoms with Crippen LogP contribution in [-0.2, 0) is 0 Å². The maximum Gasteiger partial charge on any atom is 0.260 e. The largest absolute Gasteiger partial charge is 0.302 e. The van der Waals surface area contributed by atoms with Crippen LogP contribution in [0, 0.1) is 13.8 Å². The first-order valence-corrected chi connectivity index (χ1v) is 12.4. The van der Waals surface area contributed by atoms with E-state index in [1.165, 1.54) is 16.0 Å². The van der Waals surface area contributed by atoms with Crippen molar-refractivity contribution in [2.75, 3.05) is 36.8 Å². The van der Waals surface area contributed by atoms with E-state index >= 15 is 0 Å². The van der Waals surface area contributed by atoms with Gasteiger partial charge in [-0.1, -0.05) is 32.1 Å². The number of benzene rings is 2. The van der Waals surface area contributed by atoms with Gasteiger partial charge in [-0.3, -0.25) is 9.69 Å². The van der Waals surface area contributed by atoms with Crippen LogP contribution in [0.4, 0.5) is 5.13 Å². The number of carbonyl (C=O) groups is 1. The second-order valence-corrected chi connectivity index (χ2v) is 9.69. The molecule has 0 aliphatic rings. The molecule has 2 aromatic carbocycles. The maximum atomic E-state index is 13.5. The van der Waals surface area contributed by atoms with E-state index in [0.29, 0.717) is 12.1 Å². The van der Waals surface area contributed by atoms with Gasteiger partial charge in [-0.25, -0.2) is 4.98 Å². The Labute approximate surface area is 188 Å². The van der Waals surface area contributed by atoms with Crippen molar-refractivity contribution >= 4 is 44.4 Å². The fraction of sp³-hybridized carbons (Fsp3) is 0.417. The summed E-state index contributed by atoms with van der Waals surface area (Å²) in [4.78, 5) is 23.7. The summed E-state index contributed by atoms with van der Waals surface area (Å²) in [5.41, 5.74) is 4.15. The highest BCUT2D eigenvalue weighted by atomic mass is 32.2. The van der Waals surface area contributed by atoms with Crippen LogP contribution in [0.15, 0.2) is 41.3 Å². The van der Waals surface area contributed by atoms with Gasteiger partial charge in [0.25, 0.3) is 5.91 Å². The van der Waals surface area contributed by atoms with Crippen molar-refractivity contribution in [3.63, 3.8) is 0 Å². The van der Waals surface area contributed by atoms with Crippen LogP contribution < -0.4 is 4.90 Å². The van der Waals surface area contributed by atoms with Crippen LogP contribution in [0.5, 0.6) is 0 Å². The summed E-state index contributed by atoms with van der Waals surface area (Å²) in [6.07, 6.45) is 0. The molecule has 0 saturated carbocycles. The lowest BCUT2D eigenvalue weighted by atomic mass is 10.1. The number of aryl methyl sites for hydroxylation is 2. The number of anilines is 1. The Bertz CT molecular complexity index is 955. The highest BCUT2D eigenvalue weighted by Gasteiger charge is 2.22. The van der Waals surface area contributed by atoms with E-state index in [4.69, 9.17) is 4.98 Å². The number of carbonyl (C=O) groups excluding carboxylic acids is 1. The predicted molar refractivity (Wildman–Crippen MR) is 131 cm³/mol. The van der Waals surface area contributed by atoms with Crippen LogP contribution >= 0.6 is 23.1 Å². The molecule has 3 rings (SSSR count). The number of likely N-dealkylation sites (N-methyl/N-ethyl adjacent to an activating group) is 1. The number of aromatic nitrogens is 1. The summed E-state index contributed by atoms with van der Waals surface area (Å²) in [5, 5.41) is 0.777. The Hall–Kier alpha value is -1.89. The number of rotatable bonds is 9. The highest BCUT2D eigenvalue weighted by molar-refractivity contribution is 7.99. The monoisotopic (exact) mass is 441 g/mol. The molecule has 0 fully saturated rings. The van der Waals surface area contributed by atoms with Gasteiger partial charge in [0.15, 0.2) is 5.13 Å². The number of amides is 1. The first-order chi connectivity index (χ1) is 14.5. The molecule has 1 heterocycles. The number of hydrogen-bond acceptors (Lipinski definition) is 5. The Morgan fingerprint density at radius 1 is 1.00 bits per heavy atom. The van der Waals surface area contributed by atoms with E-state index in [-0.39, 0.29) is 5.91 Å². The van der Waals surface area contributed by atoms with Crippen LogP contribution in [0.1, 0.15) is 42.3 Å². The lowest BCUT2D eigenvalue weighted by molar-refractivity contribution is 0.0983. The molecule has 0 unspecified atom stereocenters. The summed E-state index contributed by atoms with van der Waals surface area (Å²) in [7, 11) is 0. The van der Waals surface area contributed by atoms with Gasteiger partial charge in [0.05, 0.1) is 10.2 Å². The third-order valence-corrected chi connectivity index (χ3v) is 7.35. The van der Waals surface area contributed by atoms with Crippen molar-refractivity contribution in [3.8, 4) is 0 Å². The number of nitrogens with zero attached hydrogens (tertiary/aromatic N) is 3. The fourth-order valence-electron chi connectivity index (χ4n) is 3.36. The molecule has 0 atom stereocenters. The standard InChI is InChI=1S/C24H31N3OS2/c1-6-26(7-2)13-14-27(23(28)19-9-11-20(12-10-19)29-8-3)24-25-21-15-17(4)18(5)16-22(21)30-24/h9-12,15-16H,6-8,13-14H2,1-5H3. The molecule has 3 aromatic rings. The van der Waals surface area contributed by atoms with Crippen molar-refractivity contribution in [2.24, 2.45) is 0 Å². The third kappa shape index (κ3) is 5.23. The molecule has 1 amide bonds. The minimum Gasteiger partial charge on any atom is -0.302 e. The normalized spacial score (nSPS) is 11.4. The molecule has 30 heavy (non-hydrogen) atoms. The Balaban J connectivity index is 1.94. The van der Waals surface area contributed by atoms with Crippen molar-refractivity contribution in [3.05, 3.63) is 53.1 Å². The van der Waals surface area contributed by atoms with Gasteiger partial charge in [0.2, 0.25) is 0 Å². The van der Waals surface area contributed by atoms with Gasteiger partial charge in [-0.15, -0.1) is 11.8 Å².